The molecule has 0 saturated carbocycles. The molecule has 0 radical (unpaired) electrons. The molecular formula is C17H14N2O3S. The Morgan fingerprint density at radius 1 is 1.22 bits per heavy atom. The lowest BCUT2D eigenvalue weighted by Crippen LogP contribution is -2.27. The predicted octanol–water partition coefficient (Wildman–Crippen LogP) is 2.98. The van der Waals surface area contributed by atoms with Gasteiger partial charge in [0.1, 0.15) is 0 Å². The fourth-order valence-corrected chi connectivity index (χ4v) is 3.40. The minimum Gasteiger partial charge on any atom is -0.289 e. The van der Waals surface area contributed by atoms with Gasteiger partial charge in [0.15, 0.2) is 16.7 Å². The highest BCUT2D eigenvalue weighted by molar-refractivity contribution is 7.14. The molecule has 1 aromatic heterocycles. The molecule has 0 N–H and O–H groups in total. The van der Waals surface area contributed by atoms with Crippen LogP contribution in [0, 0.1) is 0 Å². The Balaban J connectivity index is 1.95. The molecule has 0 bridgehead atoms. The van der Waals surface area contributed by atoms with E-state index in [1.54, 1.807) is 34.5 Å². The molecule has 1 heterocycles. The maximum Gasteiger partial charge on any atom is 0.225 e. The summed E-state index contributed by atoms with van der Waals surface area (Å²) in [6, 6.07) is 6.77. The van der Waals surface area contributed by atoms with Crippen molar-refractivity contribution in [2.45, 2.75) is 13.8 Å². The number of benzene rings is 1. The molecule has 116 valence electrons. The van der Waals surface area contributed by atoms with Gasteiger partial charge in [-0.2, -0.15) is 0 Å². The predicted molar refractivity (Wildman–Crippen MR) is 88.9 cm³/mol. The van der Waals surface area contributed by atoms with Crippen LogP contribution in [0.15, 0.2) is 35.2 Å². The van der Waals surface area contributed by atoms with Crippen LogP contribution in [0.5, 0.6) is 0 Å². The van der Waals surface area contributed by atoms with Gasteiger partial charge in [-0.3, -0.25) is 19.3 Å². The molecule has 0 aliphatic heterocycles. The van der Waals surface area contributed by atoms with E-state index in [9.17, 15) is 14.4 Å². The monoisotopic (exact) mass is 326 g/mol. The molecule has 0 unspecified atom stereocenters. The van der Waals surface area contributed by atoms with E-state index in [-0.39, 0.29) is 23.0 Å². The van der Waals surface area contributed by atoms with Crippen LogP contribution in [0.4, 0.5) is 5.13 Å². The number of anilines is 1. The zero-order valence-corrected chi connectivity index (χ0v) is 13.5. The van der Waals surface area contributed by atoms with Crippen LogP contribution in [0.25, 0.3) is 6.08 Å². The summed E-state index contributed by atoms with van der Waals surface area (Å²) in [4.78, 5) is 42.1. The van der Waals surface area contributed by atoms with Gasteiger partial charge in [-0.1, -0.05) is 24.3 Å². The maximum absolute atomic E-state index is 12.3. The summed E-state index contributed by atoms with van der Waals surface area (Å²) in [5.41, 5.74) is 1.49. The van der Waals surface area contributed by atoms with E-state index in [1.807, 2.05) is 6.92 Å². The normalized spacial score (nSPS) is 13.2. The molecule has 1 amide bonds. The van der Waals surface area contributed by atoms with Crippen molar-refractivity contribution in [3.8, 4) is 0 Å². The van der Waals surface area contributed by atoms with Crippen LogP contribution in [-0.4, -0.2) is 29.0 Å². The zero-order valence-electron chi connectivity index (χ0n) is 12.7. The molecule has 0 atom stereocenters. The third-order valence-electron chi connectivity index (χ3n) is 3.63. The molecule has 2 aromatic rings. The van der Waals surface area contributed by atoms with Crippen molar-refractivity contribution in [2.75, 3.05) is 11.4 Å². The number of hydrogen-bond acceptors (Lipinski definition) is 5. The van der Waals surface area contributed by atoms with E-state index < -0.39 is 0 Å². The van der Waals surface area contributed by atoms with Crippen LogP contribution in [-0.2, 0) is 4.79 Å². The van der Waals surface area contributed by atoms with Gasteiger partial charge in [-0.15, -0.1) is 11.3 Å². The summed E-state index contributed by atoms with van der Waals surface area (Å²) < 4.78 is 0. The Morgan fingerprint density at radius 3 is 2.35 bits per heavy atom. The Hall–Kier alpha value is -2.60. The summed E-state index contributed by atoms with van der Waals surface area (Å²) >= 11 is 1.31. The summed E-state index contributed by atoms with van der Waals surface area (Å²) in [6.45, 7) is 3.85. The number of nitrogens with zero attached hydrogens (tertiary/aromatic N) is 2. The van der Waals surface area contributed by atoms with Gasteiger partial charge >= 0.3 is 0 Å². The Bertz CT molecular complexity index is 814. The number of aromatic nitrogens is 1. The van der Waals surface area contributed by atoms with E-state index in [0.29, 0.717) is 28.5 Å². The van der Waals surface area contributed by atoms with Crippen LogP contribution < -0.4 is 4.90 Å². The fraction of sp³-hybridized carbons (Fsp3) is 0.176. The highest BCUT2D eigenvalue weighted by Gasteiger charge is 2.32. The number of Topliss-reactive ketones (excluding diaryl/α,β-unsaturated/α-hetero) is 2. The summed E-state index contributed by atoms with van der Waals surface area (Å²) in [7, 11) is 0. The minimum absolute atomic E-state index is 0.0959. The number of amides is 1. The molecule has 1 aliphatic rings. The highest BCUT2D eigenvalue weighted by atomic mass is 32.1. The van der Waals surface area contributed by atoms with Crippen molar-refractivity contribution in [3.63, 3.8) is 0 Å². The molecule has 3 rings (SSSR count). The number of carbonyl (C=O) groups is 3. The molecule has 1 aliphatic carbocycles. The Kier molecular flexibility index (Phi) is 3.92. The lowest BCUT2D eigenvalue weighted by Gasteiger charge is -2.14. The van der Waals surface area contributed by atoms with Crippen LogP contribution in [0.1, 0.15) is 40.3 Å². The van der Waals surface area contributed by atoms with Gasteiger partial charge in [0.05, 0.1) is 11.3 Å². The van der Waals surface area contributed by atoms with Crippen molar-refractivity contribution in [1.82, 2.24) is 4.98 Å². The fourth-order valence-electron chi connectivity index (χ4n) is 2.51. The smallest absolute Gasteiger partial charge is 0.225 e. The second-order valence-corrected chi connectivity index (χ2v) is 5.92. The van der Waals surface area contributed by atoms with E-state index >= 15 is 0 Å². The first-order valence-electron chi connectivity index (χ1n) is 7.16. The quantitative estimate of drug-likeness (QED) is 0.642. The highest BCUT2D eigenvalue weighted by Crippen LogP contribution is 2.29. The molecular weight excluding hydrogens is 312 g/mol. The third kappa shape index (κ3) is 2.61. The Morgan fingerprint density at radius 2 is 1.83 bits per heavy atom. The van der Waals surface area contributed by atoms with E-state index in [4.69, 9.17) is 0 Å². The number of fused-ring (bicyclic) bond motifs is 1. The summed E-state index contributed by atoms with van der Waals surface area (Å²) in [5.74, 6) is -0.653. The van der Waals surface area contributed by atoms with Crippen molar-refractivity contribution >= 4 is 40.0 Å². The largest absolute Gasteiger partial charge is 0.289 e. The molecule has 0 fully saturated rings. The van der Waals surface area contributed by atoms with E-state index in [1.165, 1.54) is 24.3 Å². The second-order valence-electron chi connectivity index (χ2n) is 5.08. The SMILES string of the molecule is CCN(C(C)=O)c1nc(C=C2C(=O)c3ccccc3C2=O)cs1. The van der Waals surface area contributed by atoms with Crippen molar-refractivity contribution in [1.29, 1.82) is 0 Å². The minimum atomic E-state index is -0.279. The molecule has 23 heavy (non-hydrogen) atoms. The first-order valence-corrected chi connectivity index (χ1v) is 8.04. The number of thiazole rings is 1. The van der Waals surface area contributed by atoms with Gasteiger partial charge in [-0.05, 0) is 13.0 Å². The zero-order chi connectivity index (χ0) is 16.6. The van der Waals surface area contributed by atoms with Gasteiger partial charge < -0.3 is 0 Å². The number of hydrogen-bond donors (Lipinski definition) is 0. The summed E-state index contributed by atoms with van der Waals surface area (Å²) in [5, 5.41) is 2.29. The van der Waals surface area contributed by atoms with E-state index in [2.05, 4.69) is 4.98 Å². The van der Waals surface area contributed by atoms with Crippen molar-refractivity contribution < 1.29 is 14.4 Å². The molecule has 0 saturated heterocycles. The molecule has 0 spiro atoms. The first-order chi connectivity index (χ1) is 11.0. The maximum atomic E-state index is 12.3. The van der Waals surface area contributed by atoms with Gasteiger partial charge in [0.25, 0.3) is 0 Å². The Labute approximate surface area is 137 Å². The molecule has 5 nitrogen and oxygen atoms in total. The second kappa shape index (κ2) is 5.89. The average molecular weight is 326 g/mol. The van der Waals surface area contributed by atoms with Crippen LogP contribution >= 0.6 is 11.3 Å². The standard InChI is InChI=1S/C17H14N2O3S/c1-3-19(10(2)20)17-18-11(9-23-17)8-14-15(21)12-6-4-5-7-13(12)16(14)22/h4-9H,3H2,1-2H3. The molecule has 1 aromatic carbocycles. The summed E-state index contributed by atoms with van der Waals surface area (Å²) in [6.07, 6.45) is 1.50. The van der Waals surface area contributed by atoms with E-state index in [0.717, 1.165) is 0 Å². The first kappa shape index (κ1) is 15.3. The third-order valence-corrected chi connectivity index (χ3v) is 4.52. The van der Waals surface area contributed by atoms with Gasteiger partial charge in [0.2, 0.25) is 5.91 Å². The lowest BCUT2D eigenvalue weighted by molar-refractivity contribution is -0.116. The van der Waals surface area contributed by atoms with Gasteiger partial charge in [0, 0.05) is 30.0 Å². The average Bonchev–Trinajstić information content (AvgIpc) is 3.08. The number of carbonyl (C=O) groups excluding carboxylic acids is 3. The van der Waals surface area contributed by atoms with Gasteiger partial charge in [-0.25, -0.2) is 4.98 Å². The van der Waals surface area contributed by atoms with Crippen molar-refractivity contribution in [3.05, 3.63) is 52.0 Å². The van der Waals surface area contributed by atoms with Crippen LogP contribution in [0.2, 0.25) is 0 Å². The number of rotatable bonds is 3. The van der Waals surface area contributed by atoms with Crippen molar-refractivity contribution in [2.24, 2.45) is 0 Å². The molecule has 6 heteroatoms. The van der Waals surface area contributed by atoms with Crippen LogP contribution in [0.3, 0.4) is 0 Å². The lowest BCUT2D eigenvalue weighted by atomic mass is 10.1. The topological polar surface area (TPSA) is 67.3 Å². The number of allylic oxidation sites excluding steroid dienone is 1. The number of ketones is 2.